The summed E-state index contributed by atoms with van der Waals surface area (Å²) in [5.41, 5.74) is 5.54. The number of carbonyl (C=O) groups is 1. The predicted octanol–water partition coefficient (Wildman–Crippen LogP) is 3.54. The molecule has 1 aromatic rings. The van der Waals surface area contributed by atoms with Crippen LogP contribution in [-0.4, -0.2) is 5.78 Å². The second kappa shape index (κ2) is 4.43. The largest absolute Gasteiger partial charge is 0.289 e. The van der Waals surface area contributed by atoms with Gasteiger partial charge in [0.25, 0.3) is 0 Å². The van der Waals surface area contributed by atoms with Crippen LogP contribution in [-0.2, 0) is 6.42 Å². The normalized spacial score (nSPS) is 10.1. The molecule has 0 heterocycles. The summed E-state index contributed by atoms with van der Waals surface area (Å²) in [7, 11) is 0. The fourth-order valence-corrected chi connectivity index (χ4v) is 2.25. The van der Waals surface area contributed by atoms with Crippen molar-refractivity contribution in [3.63, 3.8) is 0 Å². The van der Waals surface area contributed by atoms with Crippen LogP contribution in [0.15, 0.2) is 18.7 Å². The molecule has 0 spiro atoms. The maximum absolute atomic E-state index is 11.7. The molecule has 0 aromatic heterocycles. The third-order valence-corrected chi connectivity index (χ3v) is 2.92. The molecule has 0 saturated carbocycles. The molecular formula is C14H18O. The Morgan fingerprint density at radius 3 is 2.40 bits per heavy atom. The molecular weight excluding hydrogens is 184 g/mol. The van der Waals surface area contributed by atoms with Gasteiger partial charge in [-0.2, -0.15) is 0 Å². The molecule has 1 rings (SSSR count). The first-order chi connectivity index (χ1) is 7.02. The minimum Gasteiger partial charge on any atom is -0.289 e. The molecule has 0 unspecified atom stereocenters. The maximum atomic E-state index is 11.7. The number of aryl methyl sites for hydroxylation is 2. The van der Waals surface area contributed by atoms with E-state index < -0.39 is 0 Å². The van der Waals surface area contributed by atoms with E-state index in [1.165, 1.54) is 17.2 Å². The first-order valence-corrected chi connectivity index (χ1v) is 5.29. The number of carbonyl (C=O) groups excluding carboxylic acids is 1. The Labute approximate surface area is 91.8 Å². The fraction of sp³-hybridized carbons (Fsp3) is 0.357. The highest BCUT2D eigenvalue weighted by Gasteiger charge is 2.13. The Bertz CT molecular complexity index is 414. The summed E-state index contributed by atoms with van der Waals surface area (Å²) >= 11 is 0. The van der Waals surface area contributed by atoms with Crippen LogP contribution in [0.2, 0.25) is 0 Å². The lowest BCUT2D eigenvalue weighted by Crippen LogP contribution is -2.05. The highest BCUT2D eigenvalue weighted by atomic mass is 16.1. The number of allylic oxidation sites excluding steroid dienone is 1. The fourth-order valence-electron chi connectivity index (χ4n) is 2.25. The van der Waals surface area contributed by atoms with Crippen molar-refractivity contribution in [2.75, 3.05) is 0 Å². The third-order valence-electron chi connectivity index (χ3n) is 2.92. The Kier molecular flexibility index (Phi) is 3.46. The molecule has 0 N–H and O–H groups in total. The van der Waals surface area contributed by atoms with Gasteiger partial charge in [-0.3, -0.25) is 4.79 Å². The van der Waals surface area contributed by atoms with E-state index in [9.17, 15) is 4.79 Å². The van der Waals surface area contributed by atoms with E-state index in [0.717, 1.165) is 23.1 Å². The molecule has 0 aliphatic heterocycles. The average Bonchev–Trinajstić information content (AvgIpc) is 2.17. The predicted molar refractivity (Wildman–Crippen MR) is 64.6 cm³/mol. The van der Waals surface area contributed by atoms with Gasteiger partial charge >= 0.3 is 0 Å². The van der Waals surface area contributed by atoms with Gasteiger partial charge in [-0.1, -0.05) is 19.6 Å². The zero-order valence-electron chi connectivity index (χ0n) is 9.98. The Morgan fingerprint density at radius 2 is 1.93 bits per heavy atom. The smallest absolute Gasteiger partial charge is 0.185 e. The molecule has 1 nitrogen and oxygen atoms in total. The average molecular weight is 202 g/mol. The van der Waals surface area contributed by atoms with E-state index in [1.807, 2.05) is 13.8 Å². The van der Waals surface area contributed by atoms with Crippen molar-refractivity contribution in [3.8, 4) is 0 Å². The number of hydrogen-bond donors (Lipinski definition) is 0. The summed E-state index contributed by atoms with van der Waals surface area (Å²) in [5, 5.41) is 0. The summed E-state index contributed by atoms with van der Waals surface area (Å²) < 4.78 is 0. The highest BCUT2D eigenvalue weighted by Crippen LogP contribution is 2.23. The van der Waals surface area contributed by atoms with Crippen LogP contribution in [0.4, 0.5) is 0 Å². The lowest BCUT2D eigenvalue weighted by molar-refractivity contribution is 0.104. The van der Waals surface area contributed by atoms with Crippen LogP contribution < -0.4 is 0 Å². The molecule has 0 atom stereocenters. The number of rotatable bonds is 3. The summed E-state index contributed by atoms with van der Waals surface area (Å²) in [4.78, 5) is 11.7. The van der Waals surface area contributed by atoms with Gasteiger partial charge in [0, 0.05) is 5.56 Å². The van der Waals surface area contributed by atoms with Crippen molar-refractivity contribution in [1.29, 1.82) is 0 Å². The summed E-state index contributed by atoms with van der Waals surface area (Å²) in [5.74, 6) is 0.0275. The maximum Gasteiger partial charge on any atom is 0.185 e. The van der Waals surface area contributed by atoms with E-state index in [1.54, 1.807) is 0 Å². The van der Waals surface area contributed by atoms with E-state index >= 15 is 0 Å². The van der Waals surface area contributed by atoms with Gasteiger partial charge in [0.2, 0.25) is 0 Å². The minimum absolute atomic E-state index is 0.0275. The molecule has 0 fully saturated rings. The second-order valence-corrected chi connectivity index (χ2v) is 3.91. The van der Waals surface area contributed by atoms with Crippen molar-refractivity contribution < 1.29 is 4.79 Å². The lowest BCUT2D eigenvalue weighted by Gasteiger charge is -2.14. The van der Waals surface area contributed by atoms with Gasteiger partial charge in [0.1, 0.15) is 0 Å². The first-order valence-electron chi connectivity index (χ1n) is 5.29. The molecule has 0 radical (unpaired) electrons. The van der Waals surface area contributed by atoms with Gasteiger partial charge in [0.05, 0.1) is 0 Å². The van der Waals surface area contributed by atoms with E-state index in [4.69, 9.17) is 0 Å². The second-order valence-electron chi connectivity index (χ2n) is 3.91. The van der Waals surface area contributed by atoms with E-state index in [-0.39, 0.29) is 5.78 Å². The van der Waals surface area contributed by atoms with Gasteiger partial charge in [-0.25, -0.2) is 0 Å². The number of ketones is 1. The molecule has 1 aromatic carbocycles. The van der Waals surface area contributed by atoms with Crippen LogP contribution in [0.1, 0.15) is 39.5 Å². The van der Waals surface area contributed by atoms with Crippen molar-refractivity contribution in [1.82, 2.24) is 0 Å². The van der Waals surface area contributed by atoms with Crippen molar-refractivity contribution in [3.05, 3.63) is 46.5 Å². The summed E-state index contributed by atoms with van der Waals surface area (Å²) in [6.45, 7) is 11.8. The minimum atomic E-state index is 0.0275. The van der Waals surface area contributed by atoms with Crippen molar-refractivity contribution in [2.45, 2.75) is 34.1 Å². The Morgan fingerprint density at radius 1 is 1.33 bits per heavy atom. The number of benzene rings is 1. The Balaban J connectivity index is 3.52. The molecule has 80 valence electrons. The SMILES string of the molecule is C=CC(=O)c1c(C)cc(C)c(CC)c1C. The van der Waals surface area contributed by atoms with Crippen molar-refractivity contribution in [2.24, 2.45) is 0 Å². The molecule has 0 aliphatic carbocycles. The summed E-state index contributed by atoms with van der Waals surface area (Å²) in [6.07, 6.45) is 2.36. The van der Waals surface area contributed by atoms with Crippen LogP contribution >= 0.6 is 0 Å². The lowest BCUT2D eigenvalue weighted by atomic mass is 9.90. The van der Waals surface area contributed by atoms with Gasteiger partial charge in [0.15, 0.2) is 5.78 Å². The monoisotopic (exact) mass is 202 g/mol. The topological polar surface area (TPSA) is 17.1 Å². The highest BCUT2D eigenvalue weighted by molar-refractivity contribution is 6.06. The van der Waals surface area contributed by atoms with Crippen LogP contribution in [0.5, 0.6) is 0 Å². The standard InChI is InChI=1S/C14H18O/c1-6-12-9(3)8-10(4)14(11(12)5)13(15)7-2/h7-8H,2,6H2,1,3-5H3. The van der Waals surface area contributed by atoms with Crippen LogP contribution in [0, 0.1) is 20.8 Å². The Hall–Kier alpha value is -1.37. The molecule has 0 amide bonds. The molecule has 0 bridgehead atoms. The first kappa shape index (κ1) is 11.7. The quantitative estimate of drug-likeness (QED) is 0.541. The molecule has 1 heteroatoms. The zero-order chi connectivity index (χ0) is 11.6. The van der Waals surface area contributed by atoms with Gasteiger partial charge in [-0.15, -0.1) is 0 Å². The summed E-state index contributed by atoms with van der Waals surface area (Å²) in [6, 6.07) is 2.09. The van der Waals surface area contributed by atoms with E-state index in [2.05, 4.69) is 26.5 Å². The van der Waals surface area contributed by atoms with Gasteiger partial charge in [-0.05, 0) is 55.5 Å². The molecule has 0 saturated heterocycles. The van der Waals surface area contributed by atoms with Crippen LogP contribution in [0.3, 0.4) is 0 Å². The molecule has 15 heavy (non-hydrogen) atoms. The van der Waals surface area contributed by atoms with Gasteiger partial charge < -0.3 is 0 Å². The zero-order valence-corrected chi connectivity index (χ0v) is 9.98. The van der Waals surface area contributed by atoms with Crippen LogP contribution in [0.25, 0.3) is 0 Å². The van der Waals surface area contributed by atoms with E-state index in [0.29, 0.717) is 0 Å². The third kappa shape index (κ3) is 2.01. The van der Waals surface area contributed by atoms with Crippen molar-refractivity contribution >= 4 is 5.78 Å². The molecule has 0 aliphatic rings. The number of hydrogen-bond acceptors (Lipinski definition) is 1.